The van der Waals surface area contributed by atoms with E-state index in [0.717, 1.165) is 31.0 Å². The van der Waals surface area contributed by atoms with E-state index in [4.69, 9.17) is 0 Å². The summed E-state index contributed by atoms with van der Waals surface area (Å²) < 4.78 is 26.8. The van der Waals surface area contributed by atoms with Gasteiger partial charge in [0.05, 0.1) is 5.69 Å². The van der Waals surface area contributed by atoms with Crippen LogP contribution in [0.1, 0.15) is 30.1 Å². The lowest BCUT2D eigenvalue weighted by molar-refractivity contribution is 0.506. The zero-order valence-electron chi connectivity index (χ0n) is 12.8. The highest BCUT2D eigenvalue weighted by atomic mass is 32.2. The van der Waals surface area contributed by atoms with Gasteiger partial charge in [0.15, 0.2) is 11.6 Å². The summed E-state index contributed by atoms with van der Waals surface area (Å²) in [5.74, 6) is -0.702. The maximum Gasteiger partial charge on any atom is 0.159 e. The Morgan fingerprint density at radius 3 is 2.61 bits per heavy atom. The van der Waals surface area contributed by atoms with Gasteiger partial charge in [0.2, 0.25) is 0 Å². The summed E-state index contributed by atoms with van der Waals surface area (Å²) in [7, 11) is 0. The molecular weight excluding hydrogens is 312 g/mol. The van der Waals surface area contributed by atoms with Gasteiger partial charge in [0.1, 0.15) is 0 Å². The van der Waals surface area contributed by atoms with Crippen LogP contribution in [0.25, 0.3) is 0 Å². The molecule has 1 aliphatic carbocycles. The fraction of sp³-hybridized carbons (Fsp3) is 0.368. The fourth-order valence-corrected chi connectivity index (χ4v) is 4.46. The molecule has 4 rings (SSSR count). The molecule has 0 saturated heterocycles. The molecule has 0 aromatic heterocycles. The van der Waals surface area contributed by atoms with Crippen LogP contribution in [0.3, 0.4) is 0 Å². The molecular formula is C19H19F2NS. The smallest absolute Gasteiger partial charge is 0.159 e. The van der Waals surface area contributed by atoms with Crippen molar-refractivity contribution in [2.75, 3.05) is 18.0 Å². The quantitative estimate of drug-likeness (QED) is 0.739. The third-order valence-corrected chi connectivity index (χ3v) is 6.02. The molecule has 1 nitrogen and oxygen atoms in total. The summed E-state index contributed by atoms with van der Waals surface area (Å²) in [5.41, 5.74) is 2.16. The van der Waals surface area contributed by atoms with E-state index in [1.54, 1.807) is 17.8 Å². The highest BCUT2D eigenvalue weighted by molar-refractivity contribution is 7.99. The van der Waals surface area contributed by atoms with E-state index in [9.17, 15) is 8.78 Å². The maximum absolute atomic E-state index is 13.6. The summed E-state index contributed by atoms with van der Waals surface area (Å²) in [6.45, 7) is 2.08. The van der Waals surface area contributed by atoms with Crippen LogP contribution in [-0.4, -0.2) is 13.1 Å². The first-order valence-corrected chi connectivity index (χ1v) is 9.04. The van der Waals surface area contributed by atoms with Crippen molar-refractivity contribution in [3.63, 3.8) is 0 Å². The summed E-state index contributed by atoms with van der Waals surface area (Å²) in [5, 5.41) is 0.162. The Bertz CT molecular complexity index is 714. The van der Waals surface area contributed by atoms with Crippen LogP contribution in [0, 0.1) is 17.6 Å². The molecule has 1 heterocycles. The normalized spacial score (nSPS) is 21.0. The number of fused-ring (bicyclic) bond motifs is 1. The molecule has 4 heteroatoms. The van der Waals surface area contributed by atoms with Gasteiger partial charge >= 0.3 is 0 Å². The Balaban J connectivity index is 1.63. The van der Waals surface area contributed by atoms with Crippen molar-refractivity contribution in [3.05, 3.63) is 59.7 Å². The van der Waals surface area contributed by atoms with Gasteiger partial charge in [-0.1, -0.05) is 18.2 Å². The molecule has 2 aromatic carbocycles. The minimum Gasteiger partial charge on any atom is -0.370 e. The van der Waals surface area contributed by atoms with Crippen molar-refractivity contribution in [3.8, 4) is 0 Å². The minimum atomic E-state index is -0.775. The lowest BCUT2D eigenvalue weighted by Gasteiger charge is -2.24. The molecule has 0 amide bonds. The molecule has 23 heavy (non-hydrogen) atoms. The van der Waals surface area contributed by atoms with Crippen molar-refractivity contribution >= 4 is 17.4 Å². The Hall–Kier alpha value is -1.55. The molecule has 2 aliphatic rings. The summed E-state index contributed by atoms with van der Waals surface area (Å²) in [6.07, 6.45) is 3.61. The molecule has 2 aromatic rings. The largest absolute Gasteiger partial charge is 0.370 e. The van der Waals surface area contributed by atoms with Crippen LogP contribution in [0.2, 0.25) is 0 Å². The van der Waals surface area contributed by atoms with Crippen LogP contribution in [0.5, 0.6) is 0 Å². The highest BCUT2D eigenvalue weighted by Crippen LogP contribution is 2.46. The van der Waals surface area contributed by atoms with Gasteiger partial charge in [-0.15, -0.1) is 11.8 Å². The molecule has 0 N–H and O–H groups in total. The standard InChI is InChI=1S/C19H19F2NS/c20-15-8-7-14(11-16(15)21)18-9-10-22(12-13-5-6-13)17-3-1-2-4-19(17)23-18/h1-4,7-8,11,13,18H,5-6,9-10,12H2/t18-/m0/s1. The first-order valence-electron chi connectivity index (χ1n) is 8.16. The molecule has 0 radical (unpaired) electrons. The second-order valence-corrected chi connectivity index (χ2v) is 7.67. The Morgan fingerprint density at radius 2 is 1.83 bits per heavy atom. The van der Waals surface area contributed by atoms with Gasteiger partial charge in [-0.05, 0) is 55.0 Å². The Morgan fingerprint density at radius 1 is 1.00 bits per heavy atom. The van der Waals surface area contributed by atoms with Crippen LogP contribution in [-0.2, 0) is 0 Å². The number of benzene rings is 2. The fourth-order valence-electron chi connectivity index (χ4n) is 3.17. The van der Waals surface area contributed by atoms with E-state index in [-0.39, 0.29) is 5.25 Å². The van der Waals surface area contributed by atoms with Crippen LogP contribution in [0.4, 0.5) is 14.5 Å². The number of hydrogen-bond acceptors (Lipinski definition) is 2. The first kappa shape index (κ1) is 15.0. The van der Waals surface area contributed by atoms with E-state index < -0.39 is 11.6 Å². The minimum absolute atomic E-state index is 0.162. The van der Waals surface area contributed by atoms with E-state index >= 15 is 0 Å². The van der Waals surface area contributed by atoms with Crippen LogP contribution < -0.4 is 4.90 Å². The van der Waals surface area contributed by atoms with E-state index in [0.29, 0.717) is 0 Å². The molecule has 0 spiro atoms. The molecule has 1 fully saturated rings. The maximum atomic E-state index is 13.6. The molecule has 120 valence electrons. The van der Waals surface area contributed by atoms with E-state index in [1.807, 2.05) is 0 Å². The van der Waals surface area contributed by atoms with Crippen LogP contribution in [0.15, 0.2) is 47.4 Å². The molecule has 1 saturated carbocycles. The van der Waals surface area contributed by atoms with Gasteiger partial charge in [-0.3, -0.25) is 0 Å². The van der Waals surface area contributed by atoms with Crippen molar-refractivity contribution in [1.29, 1.82) is 0 Å². The molecule has 1 atom stereocenters. The van der Waals surface area contributed by atoms with Gasteiger partial charge in [0.25, 0.3) is 0 Å². The Kier molecular flexibility index (Phi) is 4.02. The SMILES string of the molecule is Fc1ccc([C@@H]2CCN(CC3CC3)c3ccccc3S2)cc1F. The molecule has 1 aliphatic heterocycles. The lowest BCUT2D eigenvalue weighted by atomic mass is 10.1. The summed E-state index contributed by atoms with van der Waals surface area (Å²) in [4.78, 5) is 3.71. The van der Waals surface area contributed by atoms with E-state index in [1.165, 1.54) is 35.6 Å². The van der Waals surface area contributed by atoms with Gasteiger partial charge in [0, 0.05) is 23.2 Å². The number of anilines is 1. The van der Waals surface area contributed by atoms with Crippen LogP contribution >= 0.6 is 11.8 Å². The second kappa shape index (κ2) is 6.16. The lowest BCUT2D eigenvalue weighted by Crippen LogP contribution is -2.26. The third kappa shape index (κ3) is 3.23. The zero-order valence-corrected chi connectivity index (χ0v) is 13.7. The number of halogens is 2. The predicted octanol–water partition coefficient (Wildman–Crippen LogP) is 5.42. The highest BCUT2D eigenvalue weighted by Gasteiger charge is 2.28. The first-order chi connectivity index (χ1) is 11.2. The predicted molar refractivity (Wildman–Crippen MR) is 91.0 cm³/mol. The number of thioether (sulfide) groups is 1. The molecule has 0 unspecified atom stereocenters. The number of nitrogens with zero attached hydrogens (tertiary/aromatic N) is 1. The monoisotopic (exact) mass is 331 g/mol. The van der Waals surface area contributed by atoms with Gasteiger partial charge in [-0.25, -0.2) is 8.78 Å². The van der Waals surface area contributed by atoms with Crippen molar-refractivity contribution in [2.24, 2.45) is 5.92 Å². The topological polar surface area (TPSA) is 3.24 Å². The van der Waals surface area contributed by atoms with Gasteiger partial charge in [-0.2, -0.15) is 0 Å². The van der Waals surface area contributed by atoms with Crippen molar-refractivity contribution in [2.45, 2.75) is 29.4 Å². The third-order valence-electron chi connectivity index (χ3n) is 4.63. The van der Waals surface area contributed by atoms with Crippen molar-refractivity contribution in [1.82, 2.24) is 0 Å². The summed E-state index contributed by atoms with van der Waals surface area (Å²) >= 11 is 1.77. The molecule has 0 bridgehead atoms. The zero-order chi connectivity index (χ0) is 15.8. The van der Waals surface area contributed by atoms with E-state index in [2.05, 4.69) is 29.2 Å². The number of para-hydroxylation sites is 1. The number of rotatable bonds is 3. The summed E-state index contributed by atoms with van der Waals surface area (Å²) in [6, 6.07) is 12.8. The second-order valence-electron chi connectivity index (χ2n) is 6.43. The average molecular weight is 331 g/mol. The Labute approximate surface area is 139 Å². The average Bonchev–Trinajstić information content (AvgIpc) is 3.38. The van der Waals surface area contributed by atoms with Crippen molar-refractivity contribution < 1.29 is 8.78 Å². The number of hydrogen-bond donors (Lipinski definition) is 0. The van der Waals surface area contributed by atoms with Gasteiger partial charge < -0.3 is 4.90 Å².